The van der Waals surface area contributed by atoms with E-state index in [4.69, 9.17) is 21.3 Å². The van der Waals surface area contributed by atoms with Crippen LogP contribution < -0.4 is 0 Å². The van der Waals surface area contributed by atoms with Crippen LogP contribution in [0.1, 0.15) is 11.3 Å². The summed E-state index contributed by atoms with van der Waals surface area (Å²) in [5, 5.41) is 9.01. The number of nitriles is 1. The van der Waals surface area contributed by atoms with Crippen LogP contribution in [0.5, 0.6) is 0 Å². The predicted octanol–water partition coefficient (Wildman–Crippen LogP) is 4.17. The van der Waals surface area contributed by atoms with Gasteiger partial charge in [-0.1, -0.05) is 11.6 Å². The minimum atomic E-state index is -0.558. The topological polar surface area (TPSA) is 36.9 Å². The average molecular weight is 289 g/mol. The Labute approximate surface area is 98.4 Å². The second kappa shape index (κ2) is 3.51. The van der Waals surface area contributed by atoms with Gasteiger partial charge in [0.05, 0.1) is 14.9 Å². The zero-order valence-electron chi connectivity index (χ0n) is 7.57. The van der Waals surface area contributed by atoms with Crippen LogP contribution in [0.3, 0.4) is 0 Å². The summed E-state index contributed by atoms with van der Waals surface area (Å²) in [5.41, 5.74) is 0.777. The molecule has 0 amide bonds. The number of halogens is 3. The van der Waals surface area contributed by atoms with Gasteiger partial charge in [-0.3, -0.25) is 0 Å². The molecule has 0 bridgehead atoms. The maximum Gasteiger partial charge on any atom is 0.207 e. The third-order valence-corrected chi connectivity index (χ3v) is 3.01. The molecule has 0 aliphatic heterocycles. The van der Waals surface area contributed by atoms with E-state index in [1.807, 2.05) is 6.07 Å². The number of benzene rings is 1. The second-order valence-corrected chi connectivity index (χ2v) is 4.29. The van der Waals surface area contributed by atoms with Gasteiger partial charge < -0.3 is 4.42 Å². The largest absolute Gasteiger partial charge is 0.444 e. The minimum Gasteiger partial charge on any atom is -0.444 e. The fourth-order valence-electron chi connectivity index (χ4n) is 1.41. The van der Waals surface area contributed by atoms with Crippen LogP contribution >= 0.6 is 27.5 Å². The Morgan fingerprint density at radius 1 is 1.60 bits per heavy atom. The monoisotopic (exact) mass is 287 g/mol. The Morgan fingerprint density at radius 3 is 2.87 bits per heavy atom. The molecular weight excluding hydrogens is 284 g/mol. The summed E-state index contributed by atoms with van der Waals surface area (Å²) in [7, 11) is 0. The summed E-state index contributed by atoms with van der Waals surface area (Å²) in [6.45, 7) is 1.62. The van der Waals surface area contributed by atoms with Gasteiger partial charge >= 0.3 is 0 Å². The van der Waals surface area contributed by atoms with Gasteiger partial charge in [-0.25, -0.2) is 4.39 Å². The first-order valence-corrected chi connectivity index (χ1v) is 5.20. The molecule has 2 aromatic rings. The van der Waals surface area contributed by atoms with Gasteiger partial charge in [0, 0.05) is 5.56 Å². The van der Waals surface area contributed by atoms with Gasteiger partial charge in [0.15, 0.2) is 11.4 Å². The lowest BCUT2D eigenvalue weighted by Crippen LogP contribution is -1.82. The maximum atomic E-state index is 13.7. The molecule has 5 heteroatoms. The molecule has 0 N–H and O–H groups in total. The SMILES string of the molecule is Cc1c(C#N)oc2c(Br)cc(Cl)c(F)c12. The molecule has 1 aromatic heterocycles. The first-order valence-electron chi connectivity index (χ1n) is 4.03. The molecule has 2 rings (SSSR count). The van der Waals surface area contributed by atoms with Crippen molar-refractivity contribution in [2.75, 3.05) is 0 Å². The van der Waals surface area contributed by atoms with Crippen molar-refractivity contribution in [2.24, 2.45) is 0 Å². The van der Waals surface area contributed by atoms with E-state index >= 15 is 0 Å². The van der Waals surface area contributed by atoms with Gasteiger partial charge in [0.1, 0.15) is 6.07 Å². The predicted molar refractivity (Wildman–Crippen MR) is 58.3 cm³/mol. The maximum absolute atomic E-state index is 13.7. The van der Waals surface area contributed by atoms with Crippen molar-refractivity contribution in [3.05, 3.63) is 32.7 Å². The molecule has 76 valence electrons. The highest BCUT2D eigenvalue weighted by atomic mass is 79.9. The van der Waals surface area contributed by atoms with Crippen LogP contribution in [0.25, 0.3) is 11.0 Å². The average Bonchev–Trinajstić information content (AvgIpc) is 2.53. The van der Waals surface area contributed by atoms with E-state index in [2.05, 4.69) is 15.9 Å². The van der Waals surface area contributed by atoms with Crippen LogP contribution in [0.15, 0.2) is 15.0 Å². The number of hydrogen-bond acceptors (Lipinski definition) is 2. The van der Waals surface area contributed by atoms with Crippen molar-refractivity contribution >= 4 is 38.5 Å². The Balaban J connectivity index is 3.02. The van der Waals surface area contributed by atoms with Crippen molar-refractivity contribution in [3.8, 4) is 6.07 Å². The van der Waals surface area contributed by atoms with E-state index in [0.717, 1.165) is 0 Å². The normalized spacial score (nSPS) is 10.6. The molecule has 0 aliphatic carbocycles. The van der Waals surface area contributed by atoms with Crippen LogP contribution in [-0.2, 0) is 0 Å². The number of fused-ring (bicyclic) bond motifs is 1. The van der Waals surface area contributed by atoms with E-state index in [1.165, 1.54) is 6.07 Å². The molecule has 1 heterocycles. The summed E-state index contributed by atoms with van der Waals surface area (Å²) >= 11 is 8.89. The first kappa shape index (κ1) is 10.5. The molecule has 0 aliphatic rings. The number of aryl methyl sites for hydroxylation is 1. The molecule has 0 unspecified atom stereocenters. The lowest BCUT2D eigenvalue weighted by Gasteiger charge is -1.98. The van der Waals surface area contributed by atoms with Gasteiger partial charge in [0.2, 0.25) is 5.76 Å². The Bertz CT molecular complexity index is 600. The molecule has 2 nitrogen and oxygen atoms in total. The Kier molecular flexibility index (Phi) is 2.45. The van der Waals surface area contributed by atoms with E-state index in [9.17, 15) is 4.39 Å². The molecule has 0 atom stereocenters. The zero-order chi connectivity index (χ0) is 11.2. The summed E-state index contributed by atoms with van der Waals surface area (Å²) in [5.74, 6) is -0.454. The van der Waals surface area contributed by atoms with Gasteiger partial charge in [-0.05, 0) is 28.9 Å². The van der Waals surface area contributed by atoms with Crippen molar-refractivity contribution in [1.29, 1.82) is 5.26 Å². The fourth-order valence-corrected chi connectivity index (χ4v) is 2.26. The summed E-state index contributed by atoms with van der Waals surface area (Å²) in [6.07, 6.45) is 0. The highest BCUT2D eigenvalue weighted by Crippen LogP contribution is 2.36. The number of rotatable bonds is 0. The molecule has 0 saturated heterocycles. The molecule has 15 heavy (non-hydrogen) atoms. The standard InChI is InChI=1S/C10H4BrClFNO/c1-4-7(3-14)15-10-5(11)2-6(12)9(13)8(4)10/h2H,1H3. The number of hydrogen-bond donors (Lipinski definition) is 0. The van der Waals surface area contributed by atoms with Crippen molar-refractivity contribution in [1.82, 2.24) is 0 Å². The molecule has 0 fully saturated rings. The second-order valence-electron chi connectivity index (χ2n) is 3.03. The Morgan fingerprint density at radius 2 is 2.27 bits per heavy atom. The van der Waals surface area contributed by atoms with Gasteiger partial charge in [-0.15, -0.1) is 0 Å². The lowest BCUT2D eigenvalue weighted by atomic mass is 10.1. The Hall–Kier alpha value is -1.05. The van der Waals surface area contributed by atoms with E-state index < -0.39 is 5.82 Å². The smallest absolute Gasteiger partial charge is 0.207 e. The molecule has 1 aromatic carbocycles. The third kappa shape index (κ3) is 1.43. The molecule has 0 saturated carbocycles. The zero-order valence-corrected chi connectivity index (χ0v) is 9.91. The van der Waals surface area contributed by atoms with Crippen LogP contribution in [0.2, 0.25) is 5.02 Å². The quantitative estimate of drug-likeness (QED) is 0.682. The first-order chi connectivity index (χ1) is 7.06. The van der Waals surface area contributed by atoms with E-state index in [-0.39, 0.29) is 16.2 Å². The highest BCUT2D eigenvalue weighted by Gasteiger charge is 2.18. The van der Waals surface area contributed by atoms with Crippen LogP contribution in [0, 0.1) is 24.1 Å². The summed E-state index contributed by atoms with van der Waals surface area (Å²) < 4.78 is 19.4. The highest BCUT2D eigenvalue weighted by molar-refractivity contribution is 9.10. The molecule has 0 spiro atoms. The van der Waals surface area contributed by atoms with E-state index in [1.54, 1.807) is 6.92 Å². The summed E-state index contributed by atoms with van der Waals surface area (Å²) in [4.78, 5) is 0. The number of nitrogens with zero attached hydrogens (tertiary/aromatic N) is 1. The van der Waals surface area contributed by atoms with Gasteiger partial charge in [-0.2, -0.15) is 5.26 Å². The van der Waals surface area contributed by atoms with Crippen molar-refractivity contribution < 1.29 is 8.81 Å². The van der Waals surface area contributed by atoms with Gasteiger partial charge in [0.25, 0.3) is 0 Å². The summed E-state index contributed by atoms with van der Waals surface area (Å²) in [6, 6.07) is 3.27. The third-order valence-electron chi connectivity index (χ3n) is 2.15. The van der Waals surface area contributed by atoms with Crippen molar-refractivity contribution in [2.45, 2.75) is 6.92 Å². The van der Waals surface area contributed by atoms with E-state index in [0.29, 0.717) is 15.6 Å². The minimum absolute atomic E-state index is 0.00256. The molecule has 0 radical (unpaired) electrons. The number of furan rings is 1. The lowest BCUT2D eigenvalue weighted by molar-refractivity contribution is 0.592. The van der Waals surface area contributed by atoms with Crippen LogP contribution in [0.4, 0.5) is 4.39 Å². The molecular formula is C10H4BrClFNO. The fraction of sp³-hybridized carbons (Fsp3) is 0.100. The van der Waals surface area contributed by atoms with Crippen molar-refractivity contribution in [3.63, 3.8) is 0 Å². The van der Waals surface area contributed by atoms with Crippen LogP contribution in [-0.4, -0.2) is 0 Å².